The average Bonchev–Trinajstić information content (AvgIpc) is 3.04. The first-order valence-electron chi connectivity index (χ1n) is 10.3. The van der Waals surface area contributed by atoms with Crippen molar-refractivity contribution in [3.8, 4) is 5.75 Å². The number of nitrogens with zero attached hydrogens (tertiary/aromatic N) is 3. The summed E-state index contributed by atoms with van der Waals surface area (Å²) >= 11 is 0. The summed E-state index contributed by atoms with van der Waals surface area (Å²) < 4.78 is 41.3. The molecule has 0 bridgehead atoms. The third kappa shape index (κ3) is 4.34. The van der Waals surface area contributed by atoms with Crippen molar-refractivity contribution in [3.05, 3.63) is 65.9 Å². The maximum atomic E-state index is 13.4. The zero-order chi connectivity index (χ0) is 22.9. The molecular weight excluding hydrogens is 423 g/mol. The highest BCUT2D eigenvalue weighted by Crippen LogP contribution is 2.36. The van der Waals surface area contributed by atoms with Crippen LogP contribution in [-0.4, -0.2) is 60.7 Å². The third-order valence-corrected chi connectivity index (χ3v) is 5.59. The second-order valence-electron chi connectivity index (χ2n) is 7.50. The minimum atomic E-state index is -4.82. The molecule has 0 N–H and O–H groups in total. The molecule has 2 amide bonds. The van der Waals surface area contributed by atoms with Gasteiger partial charge in [-0.3, -0.25) is 9.59 Å². The summed E-state index contributed by atoms with van der Waals surface area (Å²) in [6.45, 7) is 5.72. The van der Waals surface area contributed by atoms with Crippen molar-refractivity contribution < 1.29 is 27.5 Å². The SMILES string of the molecule is CCN1CCN(C2=C(c3ccccc3)C(=O)N(c3ccc(OC(F)(F)F)cc3)C2=O)CC1. The van der Waals surface area contributed by atoms with Crippen LogP contribution in [0.2, 0.25) is 0 Å². The molecule has 4 rings (SSSR count). The van der Waals surface area contributed by atoms with Crippen molar-refractivity contribution in [1.29, 1.82) is 0 Å². The number of amides is 2. The monoisotopic (exact) mass is 445 g/mol. The average molecular weight is 445 g/mol. The van der Waals surface area contributed by atoms with Gasteiger partial charge in [-0.15, -0.1) is 13.2 Å². The summed E-state index contributed by atoms with van der Waals surface area (Å²) in [6, 6.07) is 13.7. The molecule has 0 saturated carbocycles. The van der Waals surface area contributed by atoms with E-state index in [4.69, 9.17) is 0 Å². The first-order chi connectivity index (χ1) is 15.3. The Balaban J connectivity index is 1.68. The molecule has 2 aromatic carbocycles. The van der Waals surface area contributed by atoms with E-state index in [1.165, 1.54) is 12.1 Å². The fourth-order valence-corrected chi connectivity index (χ4v) is 4.00. The van der Waals surface area contributed by atoms with Crippen LogP contribution in [0, 0.1) is 0 Å². The van der Waals surface area contributed by atoms with Crippen molar-refractivity contribution in [1.82, 2.24) is 9.80 Å². The third-order valence-electron chi connectivity index (χ3n) is 5.59. The number of likely N-dealkylation sites (N-methyl/N-ethyl adjacent to an activating group) is 1. The van der Waals surface area contributed by atoms with Crippen LogP contribution in [0.15, 0.2) is 60.3 Å². The Bertz CT molecular complexity index is 1030. The molecule has 168 valence electrons. The number of carbonyl (C=O) groups excluding carboxylic acids is 2. The van der Waals surface area contributed by atoms with E-state index in [0.29, 0.717) is 29.9 Å². The van der Waals surface area contributed by atoms with Crippen LogP contribution in [0.1, 0.15) is 12.5 Å². The molecule has 0 radical (unpaired) electrons. The van der Waals surface area contributed by atoms with Gasteiger partial charge in [0.25, 0.3) is 11.8 Å². The molecule has 1 saturated heterocycles. The standard InChI is InChI=1S/C23H22F3N3O3/c1-2-27-12-14-28(15-13-27)20-19(16-6-4-3-5-7-16)21(30)29(22(20)31)17-8-10-18(11-9-17)32-23(24,25)26/h3-11H,2,12-15H2,1H3. The molecule has 32 heavy (non-hydrogen) atoms. The molecule has 2 aliphatic rings. The highest BCUT2D eigenvalue weighted by Gasteiger charge is 2.43. The number of hydrogen-bond acceptors (Lipinski definition) is 5. The Hall–Kier alpha value is -3.33. The summed E-state index contributed by atoms with van der Waals surface area (Å²) in [6.07, 6.45) is -4.82. The second-order valence-corrected chi connectivity index (χ2v) is 7.50. The predicted octanol–water partition coefficient (Wildman–Crippen LogP) is 3.51. The van der Waals surface area contributed by atoms with Gasteiger partial charge in [0, 0.05) is 26.2 Å². The number of carbonyl (C=O) groups is 2. The Morgan fingerprint density at radius 1 is 0.875 bits per heavy atom. The van der Waals surface area contributed by atoms with Gasteiger partial charge in [0.15, 0.2) is 0 Å². The van der Waals surface area contributed by atoms with Crippen molar-refractivity contribution >= 4 is 23.1 Å². The van der Waals surface area contributed by atoms with Gasteiger partial charge in [0.05, 0.1) is 11.3 Å². The van der Waals surface area contributed by atoms with Gasteiger partial charge >= 0.3 is 6.36 Å². The van der Waals surface area contributed by atoms with Gasteiger partial charge in [-0.1, -0.05) is 37.3 Å². The molecule has 9 heteroatoms. The van der Waals surface area contributed by atoms with Crippen LogP contribution in [0.4, 0.5) is 18.9 Å². The minimum absolute atomic E-state index is 0.185. The molecule has 2 aliphatic heterocycles. The largest absolute Gasteiger partial charge is 0.573 e. The quantitative estimate of drug-likeness (QED) is 0.660. The first kappa shape index (κ1) is 21.9. The summed E-state index contributed by atoms with van der Waals surface area (Å²) in [7, 11) is 0. The zero-order valence-corrected chi connectivity index (χ0v) is 17.4. The molecule has 0 aromatic heterocycles. The first-order valence-corrected chi connectivity index (χ1v) is 10.3. The number of rotatable bonds is 5. The van der Waals surface area contributed by atoms with E-state index in [2.05, 4.69) is 16.6 Å². The number of anilines is 1. The Morgan fingerprint density at radius 3 is 2.06 bits per heavy atom. The normalized spacial score (nSPS) is 18.0. The number of alkyl halides is 3. The van der Waals surface area contributed by atoms with E-state index in [1.54, 1.807) is 24.3 Å². The number of halogens is 3. The van der Waals surface area contributed by atoms with Gasteiger partial charge < -0.3 is 14.5 Å². The van der Waals surface area contributed by atoms with Crippen LogP contribution in [0.5, 0.6) is 5.75 Å². The molecule has 6 nitrogen and oxygen atoms in total. The van der Waals surface area contributed by atoms with E-state index in [1.807, 2.05) is 11.0 Å². The lowest BCUT2D eigenvalue weighted by Crippen LogP contribution is -2.47. The number of ether oxygens (including phenoxy) is 1. The van der Waals surface area contributed by atoms with Gasteiger partial charge in [-0.25, -0.2) is 4.90 Å². The molecule has 1 fully saturated rings. The fourth-order valence-electron chi connectivity index (χ4n) is 4.00. The fraction of sp³-hybridized carbons (Fsp3) is 0.304. The maximum absolute atomic E-state index is 13.4. The van der Waals surface area contributed by atoms with E-state index in [-0.39, 0.29) is 5.69 Å². The van der Waals surface area contributed by atoms with Crippen molar-refractivity contribution in [2.75, 3.05) is 37.6 Å². The predicted molar refractivity (Wildman–Crippen MR) is 113 cm³/mol. The topological polar surface area (TPSA) is 53.1 Å². The highest BCUT2D eigenvalue weighted by molar-refractivity contribution is 6.45. The van der Waals surface area contributed by atoms with E-state index >= 15 is 0 Å². The van der Waals surface area contributed by atoms with Gasteiger partial charge in [-0.2, -0.15) is 0 Å². The lowest BCUT2D eigenvalue weighted by molar-refractivity contribution is -0.274. The smallest absolute Gasteiger partial charge is 0.406 e. The van der Waals surface area contributed by atoms with Crippen molar-refractivity contribution in [2.45, 2.75) is 13.3 Å². The number of imide groups is 1. The number of hydrogen-bond donors (Lipinski definition) is 0. The number of piperazine rings is 1. The van der Waals surface area contributed by atoms with Crippen molar-refractivity contribution in [2.24, 2.45) is 0 Å². The van der Waals surface area contributed by atoms with Crippen LogP contribution >= 0.6 is 0 Å². The van der Waals surface area contributed by atoms with Gasteiger partial charge in [0.1, 0.15) is 11.4 Å². The van der Waals surface area contributed by atoms with Crippen LogP contribution in [-0.2, 0) is 9.59 Å². The van der Waals surface area contributed by atoms with Crippen LogP contribution < -0.4 is 9.64 Å². The van der Waals surface area contributed by atoms with E-state index < -0.39 is 23.9 Å². The summed E-state index contributed by atoms with van der Waals surface area (Å²) in [5.41, 5.74) is 1.44. The highest BCUT2D eigenvalue weighted by atomic mass is 19.4. The maximum Gasteiger partial charge on any atom is 0.573 e. The zero-order valence-electron chi connectivity index (χ0n) is 17.4. The Labute approximate surface area is 183 Å². The number of benzene rings is 2. The van der Waals surface area contributed by atoms with Crippen molar-refractivity contribution in [3.63, 3.8) is 0 Å². The van der Waals surface area contributed by atoms with Crippen LogP contribution in [0.3, 0.4) is 0 Å². The summed E-state index contributed by atoms with van der Waals surface area (Å²) in [4.78, 5) is 32.1. The molecule has 2 aromatic rings. The second kappa shape index (κ2) is 8.66. The Kier molecular flexibility index (Phi) is 5.92. The van der Waals surface area contributed by atoms with Crippen LogP contribution in [0.25, 0.3) is 5.57 Å². The summed E-state index contributed by atoms with van der Waals surface area (Å²) in [5, 5.41) is 0. The lowest BCUT2D eigenvalue weighted by atomic mass is 10.0. The molecule has 0 aliphatic carbocycles. The molecule has 0 unspecified atom stereocenters. The molecule has 0 atom stereocenters. The summed E-state index contributed by atoms with van der Waals surface area (Å²) in [5.74, 6) is -1.41. The molecule has 2 heterocycles. The van der Waals surface area contributed by atoms with E-state index in [9.17, 15) is 22.8 Å². The molecular formula is C23H22F3N3O3. The molecule has 0 spiro atoms. The van der Waals surface area contributed by atoms with Gasteiger partial charge in [0.2, 0.25) is 0 Å². The minimum Gasteiger partial charge on any atom is -0.406 e. The lowest BCUT2D eigenvalue weighted by Gasteiger charge is -2.36. The van der Waals surface area contributed by atoms with Gasteiger partial charge in [-0.05, 0) is 36.4 Å². The Morgan fingerprint density at radius 2 is 1.50 bits per heavy atom. The van der Waals surface area contributed by atoms with E-state index in [0.717, 1.165) is 36.7 Å².